The minimum absolute atomic E-state index is 0.0435. The highest BCUT2D eigenvalue weighted by Crippen LogP contribution is 2.25. The van der Waals surface area contributed by atoms with Crippen LogP contribution in [0, 0.1) is 0 Å². The SMILES string of the molecule is CC(C)(CNC(=O)CC(C)(O)c1ccccc1)c1ccccc1. The number of carbonyl (C=O) groups is 1. The van der Waals surface area contributed by atoms with Crippen LogP contribution in [0.15, 0.2) is 60.7 Å². The van der Waals surface area contributed by atoms with Gasteiger partial charge in [0.1, 0.15) is 0 Å². The van der Waals surface area contributed by atoms with E-state index in [1.807, 2.05) is 48.5 Å². The highest BCUT2D eigenvalue weighted by Gasteiger charge is 2.28. The van der Waals surface area contributed by atoms with E-state index in [0.29, 0.717) is 6.54 Å². The summed E-state index contributed by atoms with van der Waals surface area (Å²) in [4.78, 5) is 12.2. The van der Waals surface area contributed by atoms with Crippen molar-refractivity contribution in [3.05, 3.63) is 71.8 Å². The van der Waals surface area contributed by atoms with Crippen LogP contribution in [0.25, 0.3) is 0 Å². The number of hydrogen-bond acceptors (Lipinski definition) is 2. The Morgan fingerprint density at radius 2 is 1.39 bits per heavy atom. The lowest BCUT2D eigenvalue weighted by Gasteiger charge is -2.27. The van der Waals surface area contributed by atoms with Crippen molar-refractivity contribution in [2.75, 3.05) is 6.54 Å². The molecule has 3 nitrogen and oxygen atoms in total. The molecule has 1 amide bonds. The van der Waals surface area contributed by atoms with E-state index in [2.05, 4.69) is 31.3 Å². The van der Waals surface area contributed by atoms with Gasteiger partial charge in [0, 0.05) is 12.0 Å². The predicted molar refractivity (Wildman–Crippen MR) is 93.1 cm³/mol. The van der Waals surface area contributed by atoms with Crippen LogP contribution < -0.4 is 5.32 Å². The summed E-state index contributed by atoms with van der Waals surface area (Å²) in [6, 6.07) is 19.4. The second kappa shape index (κ2) is 6.97. The van der Waals surface area contributed by atoms with E-state index < -0.39 is 5.60 Å². The molecule has 1 atom stereocenters. The fraction of sp³-hybridized carbons (Fsp3) is 0.350. The Morgan fingerprint density at radius 1 is 0.913 bits per heavy atom. The van der Waals surface area contributed by atoms with Gasteiger partial charge >= 0.3 is 0 Å². The highest BCUT2D eigenvalue weighted by molar-refractivity contribution is 5.77. The topological polar surface area (TPSA) is 49.3 Å². The molecule has 2 aromatic carbocycles. The Balaban J connectivity index is 1.95. The third-order valence-electron chi connectivity index (χ3n) is 4.18. The van der Waals surface area contributed by atoms with Crippen LogP contribution in [0.3, 0.4) is 0 Å². The first-order valence-electron chi connectivity index (χ1n) is 7.91. The number of nitrogens with one attached hydrogen (secondary N) is 1. The van der Waals surface area contributed by atoms with Crippen molar-refractivity contribution in [1.29, 1.82) is 0 Å². The van der Waals surface area contributed by atoms with Crippen LogP contribution >= 0.6 is 0 Å². The molecule has 1 unspecified atom stereocenters. The average molecular weight is 311 g/mol. The summed E-state index contributed by atoms with van der Waals surface area (Å²) in [6.45, 7) is 6.39. The Hall–Kier alpha value is -2.13. The molecule has 0 saturated carbocycles. The zero-order chi connectivity index (χ0) is 16.9. The second-order valence-corrected chi connectivity index (χ2v) is 6.84. The number of carbonyl (C=O) groups excluding carboxylic acids is 1. The summed E-state index contributed by atoms with van der Waals surface area (Å²) in [5.74, 6) is -0.150. The average Bonchev–Trinajstić information content (AvgIpc) is 2.54. The van der Waals surface area contributed by atoms with Gasteiger partial charge in [-0.2, -0.15) is 0 Å². The van der Waals surface area contributed by atoms with Crippen LogP contribution in [0.2, 0.25) is 0 Å². The third-order valence-corrected chi connectivity index (χ3v) is 4.18. The van der Waals surface area contributed by atoms with Gasteiger partial charge in [0.15, 0.2) is 0 Å². The van der Waals surface area contributed by atoms with E-state index >= 15 is 0 Å². The first kappa shape index (κ1) is 17.2. The van der Waals surface area contributed by atoms with Crippen LogP contribution in [-0.4, -0.2) is 17.6 Å². The van der Waals surface area contributed by atoms with E-state index in [-0.39, 0.29) is 17.7 Å². The molecule has 2 aromatic rings. The van der Waals surface area contributed by atoms with Gasteiger partial charge < -0.3 is 10.4 Å². The summed E-state index contributed by atoms with van der Waals surface area (Å²) in [6.07, 6.45) is 0.0435. The third kappa shape index (κ3) is 4.67. The summed E-state index contributed by atoms with van der Waals surface area (Å²) < 4.78 is 0. The van der Waals surface area contributed by atoms with Crippen molar-refractivity contribution in [1.82, 2.24) is 5.32 Å². The van der Waals surface area contributed by atoms with Crippen molar-refractivity contribution < 1.29 is 9.90 Å². The highest BCUT2D eigenvalue weighted by atomic mass is 16.3. The molecule has 0 spiro atoms. The van der Waals surface area contributed by atoms with Gasteiger partial charge in [-0.25, -0.2) is 0 Å². The Morgan fingerprint density at radius 3 is 1.91 bits per heavy atom. The standard InChI is InChI=1S/C20H25NO2/c1-19(2,16-10-6-4-7-11-16)15-21-18(22)14-20(3,23)17-12-8-5-9-13-17/h4-13,23H,14-15H2,1-3H3,(H,21,22). The molecule has 2 N–H and O–H groups in total. The van der Waals surface area contributed by atoms with Crippen LogP contribution in [0.5, 0.6) is 0 Å². The van der Waals surface area contributed by atoms with E-state index in [1.54, 1.807) is 6.92 Å². The van der Waals surface area contributed by atoms with E-state index in [4.69, 9.17) is 0 Å². The molecule has 0 saturated heterocycles. The minimum Gasteiger partial charge on any atom is -0.385 e. The van der Waals surface area contributed by atoms with Crippen molar-refractivity contribution in [2.24, 2.45) is 0 Å². The zero-order valence-corrected chi connectivity index (χ0v) is 14.0. The predicted octanol–water partition coefficient (Wildman–Crippen LogP) is 3.38. The number of rotatable bonds is 6. The molecule has 23 heavy (non-hydrogen) atoms. The molecule has 0 aliphatic rings. The molecule has 0 aliphatic carbocycles. The fourth-order valence-electron chi connectivity index (χ4n) is 2.59. The van der Waals surface area contributed by atoms with Gasteiger partial charge in [-0.05, 0) is 18.1 Å². The maximum Gasteiger partial charge on any atom is 0.223 e. The van der Waals surface area contributed by atoms with Crippen LogP contribution in [0.4, 0.5) is 0 Å². The Kier molecular flexibility index (Phi) is 5.22. The Labute approximate surface area is 138 Å². The number of benzene rings is 2. The second-order valence-electron chi connectivity index (χ2n) is 6.84. The van der Waals surface area contributed by atoms with Crippen molar-refractivity contribution >= 4 is 5.91 Å². The molecule has 3 heteroatoms. The number of hydrogen-bond donors (Lipinski definition) is 2. The lowest BCUT2D eigenvalue weighted by molar-refractivity contribution is -0.126. The normalized spacial score (nSPS) is 14.1. The van der Waals surface area contributed by atoms with Crippen molar-refractivity contribution in [2.45, 2.75) is 38.2 Å². The first-order valence-corrected chi connectivity index (χ1v) is 7.91. The van der Waals surface area contributed by atoms with Crippen molar-refractivity contribution in [3.63, 3.8) is 0 Å². The minimum atomic E-state index is -1.16. The maximum absolute atomic E-state index is 12.2. The number of aliphatic hydroxyl groups is 1. The van der Waals surface area contributed by atoms with Gasteiger partial charge in [0.25, 0.3) is 0 Å². The maximum atomic E-state index is 12.2. The van der Waals surface area contributed by atoms with Crippen LogP contribution in [0.1, 0.15) is 38.3 Å². The molecule has 122 valence electrons. The molecular weight excluding hydrogens is 286 g/mol. The van der Waals surface area contributed by atoms with Crippen molar-refractivity contribution in [3.8, 4) is 0 Å². The lowest BCUT2D eigenvalue weighted by Crippen LogP contribution is -2.39. The lowest BCUT2D eigenvalue weighted by atomic mass is 9.84. The smallest absolute Gasteiger partial charge is 0.223 e. The molecule has 0 radical (unpaired) electrons. The molecule has 2 rings (SSSR count). The van der Waals surface area contributed by atoms with E-state index in [1.165, 1.54) is 5.56 Å². The van der Waals surface area contributed by atoms with Gasteiger partial charge in [0.2, 0.25) is 5.91 Å². The molecule has 0 aliphatic heterocycles. The van der Waals surface area contributed by atoms with Gasteiger partial charge in [-0.1, -0.05) is 74.5 Å². The summed E-state index contributed by atoms with van der Waals surface area (Å²) in [5, 5.41) is 13.5. The number of amides is 1. The summed E-state index contributed by atoms with van der Waals surface area (Å²) in [7, 11) is 0. The first-order chi connectivity index (χ1) is 10.8. The quantitative estimate of drug-likeness (QED) is 0.859. The fourth-order valence-corrected chi connectivity index (χ4v) is 2.59. The van der Waals surface area contributed by atoms with Gasteiger partial charge in [-0.3, -0.25) is 4.79 Å². The van der Waals surface area contributed by atoms with Crippen LogP contribution in [-0.2, 0) is 15.8 Å². The molecule has 0 fully saturated rings. The summed E-state index contributed by atoms with van der Waals surface area (Å²) in [5.41, 5.74) is 0.602. The largest absolute Gasteiger partial charge is 0.385 e. The monoisotopic (exact) mass is 311 g/mol. The molecular formula is C20H25NO2. The Bertz CT molecular complexity index is 633. The van der Waals surface area contributed by atoms with Gasteiger partial charge in [0.05, 0.1) is 12.0 Å². The summed E-state index contributed by atoms with van der Waals surface area (Å²) >= 11 is 0. The molecule has 0 aromatic heterocycles. The zero-order valence-electron chi connectivity index (χ0n) is 14.0. The molecule has 0 heterocycles. The van der Waals surface area contributed by atoms with E-state index in [0.717, 1.165) is 5.56 Å². The van der Waals surface area contributed by atoms with E-state index in [9.17, 15) is 9.90 Å². The van der Waals surface area contributed by atoms with Gasteiger partial charge in [-0.15, -0.1) is 0 Å². The molecule has 0 bridgehead atoms.